The van der Waals surface area contributed by atoms with E-state index in [1.54, 1.807) is 12.1 Å². The Labute approximate surface area is 329 Å². The number of unbranched alkanes of at least 4 members (excludes halogenated alkanes) is 4. The molecule has 3 aromatic rings. The Bertz CT molecular complexity index is 1940. The molecular formula is C39H49ClF2N5O8P. The summed E-state index contributed by atoms with van der Waals surface area (Å²) in [5, 5.41) is 2.26. The number of fused-ring (bicyclic) bond motifs is 1. The molecule has 6 atom stereocenters. The van der Waals surface area contributed by atoms with Crippen LogP contribution in [0.5, 0.6) is 11.6 Å². The number of aromatic nitrogens is 2. The summed E-state index contributed by atoms with van der Waals surface area (Å²) < 4.78 is 58.6. The van der Waals surface area contributed by atoms with Crippen LogP contribution in [-0.2, 0) is 25.1 Å². The summed E-state index contributed by atoms with van der Waals surface area (Å²) in [5.74, 6) is -1.68. The van der Waals surface area contributed by atoms with Gasteiger partial charge in [-0.3, -0.25) is 9.36 Å². The molecule has 56 heavy (non-hydrogen) atoms. The van der Waals surface area contributed by atoms with Crippen LogP contribution in [0.25, 0.3) is 10.9 Å². The first kappa shape index (κ1) is 41.7. The van der Waals surface area contributed by atoms with E-state index in [0.29, 0.717) is 53.6 Å². The second-order valence-corrected chi connectivity index (χ2v) is 18.1. The van der Waals surface area contributed by atoms with Crippen LogP contribution in [-0.4, -0.2) is 81.3 Å². The fourth-order valence-corrected chi connectivity index (χ4v) is 10.5. The fourth-order valence-electron chi connectivity index (χ4n) is 7.98. The topological polar surface area (TPSA) is 183 Å². The number of methoxy groups -OCH3 is 1. The van der Waals surface area contributed by atoms with Crippen molar-refractivity contribution < 1.29 is 46.8 Å². The van der Waals surface area contributed by atoms with Crippen LogP contribution in [0.4, 0.5) is 13.6 Å². The number of nitrogens with two attached hydrogens (primary N) is 1. The van der Waals surface area contributed by atoms with Crippen molar-refractivity contribution >= 4 is 48.2 Å². The minimum absolute atomic E-state index is 0.0906. The van der Waals surface area contributed by atoms with Crippen LogP contribution in [0.15, 0.2) is 36.7 Å². The molecule has 3 aliphatic rings. The molecule has 3 fully saturated rings. The van der Waals surface area contributed by atoms with Gasteiger partial charge in [-0.2, -0.15) is 0 Å². The largest absolute Gasteiger partial charge is 0.495 e. The zero-order chi connectivity index (χ0) is 40.0. The number of rotatable bonds is 18. The molecule has 2 heterocycles. The highest BCUT2D eigenvalue weighted by Gasteiger charge is 2.62. The Morgan fingerprint density at radius 3 is 2.54 bits per heavy atom. The van der Waals surface area contributed by atoms with Crippen LogP contribution < -0.4 is 20.5 Å². The van der Waals surface area contributed by atoms with Crippen molar-refractivity contribution in [1.82, 2.24) is 20.2 Å². The van der Waals surface area contributed by atoms with E-state index in [-0.39, 0.29) is 30.9 Å². The minimum Gasteiger partial charge on any atom is -0.495 e. The maximum atomic E-state index is 14.2. The number of aldehydes is 1. The van der Waals surface area contributed by atoms with Crippen molar-refractivity contribution in [3.63, 3.8) is 0 Å². The van der Waals surface area contributed by atoms with Gasteiger partial charge in [-0.1, -0.05) is 49.8 Å². The van der Waals surface area contributed by atoms with Gasteiger partial charge in [-0.15, -0.1) is 0 Å². The number of hydrogen-bond donors (Lipinski definition) is 3. The Morgan fingerprint density at radius 2 is 1.82 bits per heavy atom. The van der Waals surface area contributed by atoms with E-state index in [2.05, 4.69) is 15.3 Å². The van der Waals surface area contributed by atoms with Gasteiger partial charge in [0.2, 0.25) is 19.2 Å². The number of hydrogen-bond acceptors (Lipinski definition) is 10. The van der Waals surface area contributed by atoms with E-state index in [1.165, 1.54) is 24.4 Å². The molecule has 0 radical (unpaired) electrons. The zero-order valence-corrected chi connectivity index (χ0v) is 33.0. The number of likely N-dealkylation sites (tertiary alicyclic amines) is 1. The summed E-state index contributed by atoms with van der Waals surface area (Å²) >= 11 is 6.46. The predicted octanol–water partition coefficient (Wildman–Crippen LogP) is 7.03. The van der Waals surface area contributed by atoms with Gasteiger partial charge in [0.15, 0.2) is 0 Å². The van der Waals surface area contributed by atoms with Gasteiger partial charge in [-0.25, -0.2) is 23.5 Å². The Balaban J connectivity index is 1.01. The number of carbonyl (C=O) groups excluding carboxylic acids is 3. The average molecular weight is 820 g/mol. The number of benzene rings is 2. The SMILES string of the molecule is COc1ccc2c(OC3C[C@@H](C=O)N(C(=O)[C@H](CCCCCCC[C@@H]4C[C@]4(N)P(=O)(O)Cc4c(F)cccc4F)NC(=O)OC4CCCC4)C3)ncnc2c1Cl. The molecule has 6 rings (SSSR count). The Kier molecular flexibility index (Phi) is 13.5. The van der Waals surface area contributed by atoms with Crippen molar-refractivity contribution in [2.75, 3.05) is 13.7 Å². The quantitative estimate of drug-likeness (QED) is 0.0681. The van der Waals surface area contributed by atoms with E-state index in [9.17, 15) is 32.6 Å². The summed E-state index contributed by atoms with van der Waals surface area (Å²) in [6.45, 7) is 0.0906. The fraction of sp³-hybridized carbons (Fsp3) is 0.564. The molecule has 1 aliphatic heterocycles. The molecule has 2 amide bonds. The van der Waals surface area contributed by atoms with Gasteiger partial charge < -0.3 is 39.8 Å². The van der Waals surface area contributed by atoms with Gasteiger partial charge >= 0.3 is 6.09 Å². The molecule has 1 aromatic heterocycles. The summed E-state index contributed by atoms with van der Waals surface area (Å²) in [7, 11) is -2.59. The number of halogens is 3. The lowest BCUT2D eigenvalue weighted by Crippen LogP contribution is -2.51. The first-order chi connectivity index (χ1) is 26.8. The highest BCUT2D eigenvalue weighted by Crippen LogP contribution is 2.70. The molecule has 304 valence electrons. The lowest BCUT2D eigenvalue weighted by atomic mass is 10.0. The van der Waals surface area contributed by atoms with Crippen molar-refractivity contribution in [3.8, 4) is 11.6 Å². The third-order valence-electron chi connectivity index (χ3n) is 11.3. The van der Waals surface area contributed by atoms with Gasteiger partial charge in [0.05, 0.1) is 42.0 Å². The molecule has 2 aliphatic carbocycles. The van der Waals surface area contributed by atoms with Crippen molar-refractivity contribution in [2.24, 2.45) is 11.7 Å². The van der Waals surface area contributed by atoms with Crippen LogP contribution in [0.3, 0.4) is 0 Å². The van der Waals surface area contributed by atoms with E-state index in [0.717, 1.165) is 63.5 Å². The smallest absolute Gasteiger partial charge is 0.408 e. The van der Waals surface area contributed by atoms with Crippen molar-refractivity contribution in [1.29, 1.82) is 0 Å². The molecular weight excluding hydrogens is 771 g/mol. The average Bonchev–Trinajstić information content (AvgIpc) is 3.45. The zero-order valence-electron chi connectivity index (χ0n) is 31.3. The molecule has 13 nitrogen and oxygen atoms in total. The highest BCUT2D eigenvalue weighted by molar-refractivity contribution is 7.59. The van der Waals surface area contributed by atoms with Gasteiger partial charge in [0.25, 0.3) is 0 Å². The summed E-state index contributed by atoms with van der Waals surface area (Å²) in [5.41, 5.74) is 6.32. The maximum Gasteiger partial charge on any atom is 0.408 e. The van der Waals surface area contributed by atoms with E-state index < -0.39 is 66.2 Å². The Morgan fingerprint density at radius 1 is 1.11 bits per heavy atom. The molecule has 0 spiro atoms. The normalized spacial score (nSPS) is 23.8. The molecule has 2 aromatic carbocycles. The number of carbonyl (C=O) groups is 3. The van der Waals surface area contributed by atoms with E-state index in [1.807, 2.05) is 0 Å². The third-order valence-corrected chi connectivity index (χ3v) is 14.3. The van der Waals surface area contributed by atoms with Crippen molar-refractivity contribution in [2.45, 2.75) is 119 Å². The number of nitrogens with zero attached hydrogens (tertiary/aromatic N) is 3. The maximum absolute atomic E-state index is 14.2. The monoisotopic (exact) mass is 819 g/mol. The summed E-state index contributed by atoms with van der Waals surface area (Å²) in [6, 6.07) is 5.01. The van der Waals surface area contributed by atoms with Crippen LogP contribution >= 0.6 is 19.0 Å². The second kappa shape index (κ2) is 18.1. The molecule has 2 unspecified atom stereocenters. The van der Waals surface area contributed by atoms with Gasteiger partial charge in [0, 0.05) is 12.0 Å². The van der Waals surface area contributed by atoms with Crippen molar-refractivity contribution in [3.05, 3.63) is 58.9 Å². The molecule has 4 N–H and O–H groups in total. The summed E-state index contributed by atoms with van der Waals surface area (Å²) in [6.07, 6.45) is 8.55. The first-order valence-corrected chi connectivity index (χ1v) is 21.5. The number of alkyl carbamates (subject to hydrolysis) is 1. The van der Waals surface area contributed by atoms with Crippen LogP contribution in [0, 0.1) is 17.6 Å². The van der Waals surface area contributed by atoms with Crippen LogP contribution in [0.2, 0.25) is 5.02 Å². The number of amides is 2. The first-order valence-electron chi connectivity index (χ1n) is 19.3. The van der Waals surface area contributed by atoms with E-state index >= 15 is 0 Å². The minimum atomic E-state index is -4.09. The van der Waals surface area contributed by atoms with Gasteiger partial charge in [0.1, 0.15) is 53.3 Å². The third kappa shape index (κ3) is 9.44. The molecule has 1 saturated heterocycles. The molecule has 17 heteroatoms. The lowest BCUT2D eigenvalue weighted by molar-refractivity contribution is -0.136. The van der Waals surface area contributed by atoms with Crippen LogP contribution in [0.1, 0.15) is 89.0 Å². The molecule has 0 bridgehead atoms. The predicted molar refractivity (Wildman–Crippen MR) is 205 cm³/mol. The lowest BCUT2D eigenvalue weighted by Gasteiger charge is -2.27. The number of nitrogens with one attached hydrogen (secondary N) is 1. The van der Waals surface area contributed by atoms with E-state index in [4.69, 9.17) is 31.5 Å². The Hall–Kier alpha value is -3.91. The molecule has 2 saturated carbocycles. The summed E-state index contributed by atoms with van der Waals surface area (Å²) in [4.78, 5) is 60.0. The standard InChI is InChI=1S/C39H49ClF2N5O8P/c1-53-33-17-16-28-35(34(33)40)44-23-45-36(28)54-27-18-25(21-48)47(20-27)37(49)32(46-38(50)55-26-11-7-8-12-26)15-6-4-2-3-5-10-24-19-39(24,43)56(51,52)22-29-30(41)13-9-14-31(29)42/h9,13-14,16-17,21,23-27,32H,2-8,10-12,15,18-20,22,43H2,1H3,(H,46,50)(H,51,52)/t24-,25+,27?,32+,39+/m1/s1. The highest BCUT2D eigenvalue weighted by atomic mass is 35.5. The number of ether oxygens (including phenoxy) is 3. The van der Waals surface area contributed by atoms with Gasteiger partial charge in [-0.05, 0) is 75.1 Å². The second-order valence-electron chi connectivity index (χ2n) is 15.1.